The van der Waals surface area contributed by atoms with E-state index in [0.717, 1.165) is 18.4 Å². The van der Waals surface area contributed by atoms with Crippen molar-refractivity contribution < 1.29 is 35.2 Å². The molecule has 0 radical (unpaired) electrons. The molecule has 0 fully saturated rings. The lowest BCUT2D eigenvalue weighted by Crippen LogP contribution is -2.21. The van der Waals surface area contributed by atoms with E-state index in [4.69, 9.17) is 9.47 Å². The molecule has 2 rings (SSSR count). The molecule has 1 heterocycles. The SMILES string of the molecule is CC(COS(C)(=O)=O)Oc1ccc(Oc2ccc(C(F)(F)F)cn2)cc1. The highest BCUT2D eigenvalue weighted by Crippen LogP contribution is 2.30. The van der Waals surface area contributed by atoms with Gasteiger partial charge in [0.15, 0.2) is 0 Å². The van der Waals surface area contributed by atoms with Crippen LogP contribution in [-0.2, 0) is 20.5 Å². The van der Waals surface area contributed by atoms with E-state index in [-0.39, 0.29) is 12.5 Å². The van der Waals surface area contributed by atoms with Gasteiger partial charge in [0.2, 0.25) is 5.88 Å². The second kappa shape index (κ2) is 7.92. The largest absolute Gasteiger partial charge is 0.488 e. The summed E-state index contributed by atoms with van der Waals surface area (Å²) < 4.78 is 74.8. The Bertz CT molecular complexity index is 820. The summed E-state index contributed by atoms with van der Waals surface area (Å²) in [6.07, 6.45) is -3.33. The van der Waals surface area contributed by atoms with Crippen molar-refractivity contribution in [3.05, 3.63) is 48.2 Å². The van der Waals surface area contributed by atoms with Gasteiger partial charge in [-0.15, -0.1) is 0 Å². The van der Waals surface area contributed by atoms with Gasteiger partial charge in [-0.3, -0.25) is 4.18 Å². The van der Waals surface area contributed by atoms with E-state index in [1.54, 1.807) is 31.2 Å². The van der Waals surface area contributed by atoms with Gasteiger partial charge in [0, 0.05) is 12.3 Å². The van der Waals surface area contributed by atoms with E-state index in [9.17, 15) is 21.6 Å². The number of halogens is 3. The minimum atomic E-state index is -4.46. The molecule has 0 amide bonds. The molecule has 0 aliphatic heterocycles. The quantitative estimate of drug-likeness (QED) is 0.671. The van der Waals surface area contributed by atoms with E-state index in [2.05, 4.69) is 9.17 Å². The summed E-state index contributed by atoms with van der Waals surface area (Å²) in [6.45, 7) is 1.51. The summed E-state index contributed by atoms with van der Waals surface area (Å²) in [5, 5.41) is 0. The Kier molecular flexibility index (Phi) is 6.09. The van der Waals surface area contributed by atoms with Crippen molar-refractivity contribution >= 4 is 10.1 Å². The Labute approximate surface area is 148 Å². The smallest absolute Gasteiger partial charge is 0.417 e. The summed E-state index contributed by atoms with van der Waals surface area (Å²) in [7, 11) is -3.54. The fraction of sp³-hybridized carbons (Fsp3) is 0.312. The second-order valence-electron chi connectivity index (χ2n) is 5.37. The molecule has 1 unspecified atom stereocenters. The van der Waals surface area contributed by atoms with Crippen molar-refractivity contribution in [1.29, 1.82) is 0 Å². The van der Waals surface area contributed by atoms with Crippen LogP contribution in [0, 0.1) is 0 Å². The Balaban J connectivity index is 1.93. The lowest BCUT2D eigenvalue weighted by molar-refractivity contribution is -0.137. The number of benzene rings is 1. The molecule has 0 aliphatic rings. The standard InChI is InChI=1S/C16H16F3NO5S/c1-11(10-23-26(2,21)22)24-13-4-6-14(7-5-13)25-15-8-3-12(9-20-15)16(17,18)19/h3-9,11H,10H2,1-2H3. The third kappa shape index (κ3) is 6.52. The van der Waals surface area contributed by atoms with Gasteiger partial charge in [-0.1, -0.05) is 0 Å². The Morgan fingerprint density at radius 3 is 2.19 bits per heavy atom. The summed E-state index contributed by atoms with van der Waals surface area (Å²) in [4.78, 5) is 3.61. The number of nitrogens with zero attached hydrogens (tertiary/aromatic N) is 1. The molecule has 142 valence electrons. The van der Waals surface area contributed by atoms with Crippen LogP contribution in [0.5, 0.6) is 17.4 Å². The summed E-state index contributed by atoms with van der Waals surface area (Å²) in [5.74, 6) is 0.813. The number of pyridine rings is 1. The van der Waals surface area contributed by atoms with E-state index in [1.165, 1.54) is 0 Å². The number of ether oxygens (including phenoxy) is 2. The lowest BCUT2D eigenvalue weighted by Gasteiger charge is -2.14. The van der Waals surface area contributed by atoms with Crippen LogP contribution >= 0.6 is 0 Å². The fourth-order valence-electron chi connectivity index (χ4n) is 1.80. The van der Waals surface area contributed by atoms with Gasteiger partial charge in [-0.25, -0.2) is 4.98 Å². The van der Waals surface area contributed by atoms with Gasteiger partial charge in [0.05, 0.1) is 11.8 Å². The van der Waals surface area contributed by atoms with Gasteiger partial charge in [0.25, 0.3) is 10.1 Å². The van der Waals surface area contributed by atoms with Gasteiger partial charge < -0.3 is 9.47 Å². The zero-order chi connectivity index (χ0) is 19.4. The molecule has 0 spiro atoms. The van der Waals surface area contributed by atoms with Crippen LogP contribution in [0.25, 0.3) is 0 Å². The maximum atomic E-state index is 12.5. The lowest BCUT2D eigenvalue weighted by atomic mass is 10.3. The van der Waals surface area contributed by atoms with Gasteiger partial charge >= 0.3 is 6.18 Å². The molecular formula is C16H16F3NO5S. The highest BCUT2D eigenvalue weighted by Gasteiger charge is 2.30. The van der Waals surface area contributed by atoms with Crippen LogP contribution in [0.3, 0.4) is 0 Å². The summed E-state index contributed by atoms with van der Waals surface area (Å²) in [6, 6.07) is 8.21. The molecule has 1 atom stereocenters. The number of hydrogen-bond acceptors (Lipinski definition) is 6. The molecule has 1 aromatic carbocycles. The fourth-order valence-corrected chi connectivity index (χ4v) is 2.24. The van der Waals surface area contributed by atoms with Gasteiger partial charge in [-0.05, 0) is 37.3 Å². The predicted octanol–water partition coefficient (Wildman–Crippen LogP) is 3.64. The number of hydrogen-bond donors (Lipinski definition) is 0. The third-order valence-electron chi connectivity index (χ3n) is 2.96. The molecular weight excluding hydrogens is 375 g/mol. The zero-order valence-electron chi connectivity index (χ0n) is 13.9. The van der Waals surface area contributed by atoms with Crippen molar-refractivity contribution in [1.82, 2.24) is 4.98 Å². The highest BCUT2D eigenvalue weighted by atomic mass is 32.2. The van der Waals surface area contributed by atoms with E-state index in [0.29, 0.717) is 17.7 Å². The van der Waals surface area contributed by atoms with Crippen LogP contribution in [-0.4, -0.2) is 32.4 Å². The van der Waals surface area contributed by atoms with E-state index >= 15 is 0 Å². The van der Waals surface area contributed by atoms with Crippen molar-refractivity contribution in [3.63, 3.8) is 0 Å². The molecule has 1 aromatic heterocycles. The highest BCUT2D eigenvalue weighted by molar-refractivity contribution is 7.85. The molecule has 0 saturated heterocycles. The summed E-state index contributed by atoms with van der Waals surface area (Å²) >= 11 is 0. The maximum absolute atomic E-state index is 12.5. The van der Waals surface area contributed by atoms with Gasteiger partial charge in [0.1, 0.15) is 24.2 Å². The molecule has 0 bridgehead atoms. The minimum absolute atomic E-state index is 0.0154. The molecule has 0 N–H and O–H groups in total. The molecule has 10 heteroatoms. The average Bonchev–Trinajstić information content (AvgIpc) is 2.54. The third-order valence-corrected chi connectivity index (χ3v) is 3.53. The Morgan fingerprint density at radius 1 is 1.08 bits per heavy atom. The summed E-state index contributed by atoms with van der Waals surface area (Å²) in [5.41, 5.74) is -0.862. The average molecular weight is 391 g/mol. The number of alkyl halides is 3. The van der Waals surface area contributed by atoms with Crippen LogP contribution < -0.4 is 9.47 Å². The van der Waals surface area contributed by atoms with Crippen LogP contribution in [0.4, 0.5) is 13.2 Å². The first-order chi connectivity index (χ1) is 12.0. The van der Waals surface area contributed by atoms with Crippen LogP contribution in [0.2, 0.25) is 0 Å². The van der Waals surface area contributed by atoms with Crippen molar-refractivity contribution in [2.45, 2.75) is 19.2 Å². The number of aromatic nitrogens is 1. The first kappa shape index (κ1) is 20.0. The number of rotatable bonds is 7. The monoisotopic (exact) mass is 391 g/mol. The Morgan fingerprint density at radius 2 is 1.69 bits per heavy atom. The molecule has 0 aliphatic carbocycles. The Hall–Kier alpha value is -2.33. The molecule has 0 saturated carbocycles. The van der Waals surface area contributed by atoms with Crippen molar-refractivity contribution in [2.75, 3.05) is 12.9 Å². The maximum Gasteiger partial charge on any atom is 0.417 e. The topological polar surface area (TPSA) is 74.7 Å². The predicted molar refractivity (Wildman–Crippen MR) is 86.6 cm³/mol. The zero-order valence-corrected chi connectivity index (χ0v) is 14.7. The molecule has 2 aromatic rings. The minimum Gasteiger partial charge on any atom is -0.488 e. The van der Waals surface area contributed by atoms with Crippen LogP contribution in [0.15, 0.2) is 42.6 Å². The van der Waals surface area contributed by atoms with E-state index in [1.807, 2.05) is 0 Å². The normalized spacial score (nSPS) is 13.3. The van der Waals surface area contributed by atoms with Crippen molar-refractivity contribution in [3.8, 4) is 17.4 Å². The van der Waals surface area contributed by atoms with Gasteiger partial charge in [-0.2, -0.15) is 21.6 Å². The molecule has 26 heavy (non-hydrogen) atoms. The first-order valence-corrected chi connectivity index (χ1v) is 9.17. The van der Waals surface area contributed by atoms with Crippen LogP contribution in [0.1, 0.15) is 12.5 Å². The molecule has 6 nitrogen and oxygen atoms in total. The van der Waals surface area contributed by atoms with E-state index < -0.39 is 28.0 Å². The van der Waals surface area contributed by atoms with Crippen molar-refractivity contribution in [2.24, 2.45) is 0 Å². The first-order valence-electron chi connectivity index (χ1n) is 7.35. The second-order valence-corrected chi connectivity index (χ2v) is 7.02.